The van der Waals surface area contributed by atoms with E-state index in [1.165, 1.54) is 24.8 Å². The zero-order valence-corrected chi connectivity index (χ0v) is 11.0. The highest BCUT2D eigenvalue weighted by atomic mass is 32.1. The van der Waals surface area contributed by atoms with Gasteiger partial charge in [0.25, 0.3) is 0 Å². The van der Waals surface area contributed by atoms with E-state index in [9.17, 15) is 0 Å². The van der Waals surface area contributed by atoms with Crippen molar-refractivity contribution in [3.05, 3.63) is 22.4 Å². The highest BCUT2D eigenvalue weighted by Crippen LogP contribution is 2.28. The molecule has 0 aliphatic rings. The number of thiophene rings is 1. The van der Waals surface area contributed by atoms with Crippen LogP contribution < -0.4 is 5.32 Å². The Hall–Kier alpha value is -0.340. The fraction of sp³-hybridized carbons (Fsp3) is 0.692. The van der Waals surface area contributed by atoms with E-state index in [1.807, 2.05) is 0 Å². The Morgan fingerprint density at radius 3 is 2.73 bits per heavy atom. The summed E-state index contributed by atoms with van der Waals surface area (Å²) in [7, 11) is 0. The summed E-state index contributed by atoms with van der Waals surface area (Å²) in [5.41, 5.74) is 1.92. The van der Waals surface area contributed by atoms with Crippen molar-refractivity contribution < 1.29 is 0 Å². The Bertz CT molecular complexity index is 256. The second-order valence-electron chi connectivity index (χ2n) is 4.65. The van der Waals surface area contributed by atoms with Crippen LogP contribution in [0.4, 0.5) is 0 Å². The lowest BCUT2D eigenvalue weighted by Gasteiger charge is -2.29. The Labute approximate surface area is 97.9 Å². The molecule has 0 spiro atoms. The number of hydrogen-bond donors (Lipinski definition) is 1. The van der Waals surface area contributed by atoms with E-state index in [1.54, 1.807) is 11.3 Å². The van der Waals surface area contributed by atoms with Crippen molar-refractivity contribution in [2.45, 2.75) is 40.0 Å². The Morgan fingerprint density at radius 2 is 2.20 bits per heavy atom. The molecule has 0 amide bonds. The van der Waals surface area contributed by atoms with Gasteiger partial charge in [-0.1, -0.05) is 27.2 Å². The van der Waals surface area contributed by atoms with Crippen LogP contribution in [0.25, 0.3) is 0 Å². The zero-order valence-electron chi connectivity index (χ0n) is 10.2. The van der Waals surface area contributed by atoms with Gasteiger partial charge in [0.15, 0.2) is 0 Å². The molecule has 0 aromatic carbocycles. The molecule has 1 nitrogen and oxygen atoms in total. The van der Waals surface area contributed by atoms with Crippen molar-refractivity contribution in [1.29, 1.82) is 0 Å². The Balaban J connectivity index is 2.55. The van der Waals surface area contributed by atoms with Crippen molar-refractivity contribution in [2.24, 2.45) is 5.41 Å². The minimum Gasteiger partial charge on any atom is -0.316 e. The fourth-order valence-corrected chi connectivity index (χ4v) is 2.82. The standard InChI is InChI=1S/C13H23NS/c1-4-7-13(3,11-14-5-2)9-12-6-8-15-10-12/h6,8,10,14H,4-5,7,9,11H2,1-3H3. The van der Waals surface area contributed by atoms with Gasteiger partial charge in [0.1, 0.15) is 0 Å². The maximum atomic E-state index is 3.49. The lowest BCUT2D eigenvalue weighted by Crippen LogP contribution is -2.33. The molecular formula is C13H23NS. The third-order valence-corrected chi connectivity index (χ3v) is 3.60. The summed E-state index contributed by atoms with van der Waals surface area (Å²) < 4.78 is 0. The number of rotatable bonds is 7. The molecule has 86 valence electrons. The largest absolute Gasteiger partial charge is 0.316 e. The van der Waals surface area contributed by atoms with Gasteiger partial charge in [-0.2, -0.15) is 11.3 Å². The highest BCUT2D eigenvalue weighted by Gasteiger charge is 2.23. The summed E-state index contributed by atoms with van der Waals surface area (Å²) in [5.74, 6) is 0. The van der Waals surface area contributed by atoms with Crippen LogP contribution in [0.15, 0.2) is 16.8 Å². The summed E-state index contributed by atoms with van der Waals surface area (Å²) in [6.07, 6.45) is 3.78. The number of nitrogens with one attached hydrogen (secondary N) is 1. The van der Waals surface area contributed by atoms with Crippen LogP contribution in [0.2, 0.25) is 0 Å². The highest BCUT2D eigenvalue weighted by molar-refractivity contribution is 7.07. The van der Waals surface area contributed by atoms with Gasteiger partial charge in [-0.15, -0.1) is 0 Å². The van der Waals surface area contributed by atoms with E-state index in [4.69, 9.17) is 0 Å². The minimum atomic E-state index is 0.422. The summed E-state index contributed by atoms with van der Waals surface area (Å²) in [6.45, 7) is 9.06. The van der Waals surface area contributed by atoms with Crippen LogP contribution in [0, 0.1) is 5.41 Å². The van der Waals surface area contributed by atoms with Gasteiger partial charge in [0, 0.05) is 6.54 Å². The third kappa shape index (κ3) is 4.35. The Morgan fingerprint density at radius 1 is 1.40 bits per heavy atom. The predicted octanol–water partition coefficient (Wildman–Crippen LogP) is 3.71. The van der Waals surface area contributed by atoms with Crippen LogP contribution in [-0.4, -0.2) is 13.1 Å². The summed E-state index contributed by atoms with van der Waals surface area (Å²) in [6, 6.07) is 2.25. The van der Waals surface area contributed by atoms with Crippen LogP contribution >= 0.6 is 11.3 Å². The van der Waals surface area contributed by atoms with E-state index in [2.05, 4.69) is 42.9 Å². The average molecular weight is 225 g/mol. The molecule has 1 unspecified atom stereocenters. The van der Waals surface area contributed by atoms with E-state index >= 15 is 0 Å². The monoisotopic (exact) mass is 225 g/mol. The first-order chi connectivity index (χ1) is 7.20. The molecule has 1 N–H and O–H groups in total. The minimum absolute atomic E-state index is 0.422. The van der Waals surface area contributed by atoms with Crippen molar-refractivity contribution >= 4 is 11.3 Å². The molecule has 1 heterocycles. The fourth-order valence-electron chi connectivity index (χ4n) is 2.16. The van der Waals surface area contributed by atoms with Crippen LogP contribution in [0.5, 0.6) is 0 Å². The van der Waals surface area contributed by atoms with Crippen molar-refractivity contribution in [2.75, 3.05) is 13.1 Å². The molecule has 1 rings (SSSR count). The van der Waals surface area contributed by atoms with Crippen LogP contribution in [0.1, 0.15) is 39.2 Å². The first-order valence-corrected chi connectivity index (χ1v) is 6.86. The lowest BCUT2D eigenvalue weighted by atomic mass is 9.80. The quantitative estimate of drug-likeness (QED) is 0.746. The second kappa shape index (κ2) is 6.29. The van der Waals surface area contributed by atoms with Gasteiger partial charge in [0.2, 0.25) is 0 Å². The molecule has 1 atom stereocenters. The normalized spacial score (nSPS) is 15.1. The molecular weight excluding hydrogens is 202 g/mol. The maximum absolute atomic E-state index is 3.49. The molecule has 1 aromatic heterocycles. The van der Waals surface area contributed by atoms with E-state index in [-0.39, 0.29) is 0 Å². The van der Waals surface area contributed by atoms with E-state index in [0.29, 0.717) is 5.41 Å². The van der Waals surface area contributed by atoms with Gasteiger partial charge < -0.3 is 5.32 Å². The maximum Gasteiger partial charge on any atom is 0.000823 e. The van der Waals surface area contributed by atoms with E-state index in [0.717, 1.165) is 13.1 Å². The molecule has 0 saturated heterocycles. The van der Waals surface area contributed by atoms with Crippen molar-refractivity contribution in [1.82, 2.24) is 5.32 Å². The summed E-state index contributed by atoms with van der Waals surface area (Å²) in [5, 5.41) is 7.94. The van der Waals surface area contributed by atoms with E-state index < -0.39 is 0 Å². The van der Waals surface area contributed by atoms with Gasteiger partial charge >= 0.3 is 0 Å². The zero-order chi connectivity index (χ0) is 11.1. The van der Waals surface area contributed by atoms with Gasteiger partial charge in [-0.25, -0.2) is 0 Å². The third-order valence-electron chi connectivity index (χ3n) is 2.87. The smallest absolute Gasteiger partial charge is 0.000823 e. The summed E-state index contributed by atoms with van der Waals surface area (Å²) >= 11 is 1.80. The van der Waals surface area contributed by atoms with Crippen LogP contribution in [0.3, 0.4) is 0 Å². The second-order valence-corrected chi connectivity index (χ2v) is 5.43. The SMILES string of the molecule is CCCC(C)(CNCC)Cc1ccsc1. The molecule has 0 aliphatic carbocycles. The molecule has 0 aliphatic heterocycles. The average Bonchev–Trinajstić information content (AvgIpc) is 2.68. The summed E-state index contributed by atoms with van der Waals surface area (Å²) in [4.78, 5) is 0. The first kappa shape index (κ1) is 12.7. The van der Waals surface area contributed by atoms with Crippen LogP contribution in [-0.2, 0) is 6.42 Å². The van der Waals surface area contributed by atoms with Gasteiger partial charge in [0.05, 0.1) is 0 Å². The molecule has 0 bridgehead atoms. The predicted molar refractivity (Wildman–Crippen MR) is 69.6 cm³/mol. The van der Waals surface area contributed by atoms with Crippen molar-refractivity contribution in [3.8, 4) is 0 Å². The molecule has 0 saturated carbocycles. The lowest BCUT2D eigenvalue weighted by molar-refractivity contribution is 0.278. The van der Waals surface area contributed by atoms with Gasteiger partial charge in [-0.3, -0.25) is 0 Å². The van der Waals surface area contributed by atoms with Crippen molar-refractivity contribution in [3.63, 3.8) is 0 Å². The topological polar surface area (TPSA) is 12.0 Å². The van der Waals surface area contributed by atoms with Gasteiger partial charge in [-0.05, 0) is 47.2 Å². The Kier molecular flexibility index (Phi) is 5.34. The number of hydrogen-bond acceptors (Lipinski definition) is 2. The first-order valence-electron chi connectivity index (χ1n) is 5.92. The molecule has 1 aromatic rings. The molecule has 15 heavy (non-hydrogen) atoms. The molecule has 0 fully saturated rings. The molecule has 2 heteroatoms. The molecule has 0 radical (unpaired) electrons.